The number of nitrogens with one attached hydrogen (secondary N) is 1. The zero-order valence-electron chi connectivity index (χ0n) is 9.31. The fourth-order valence-corrected chi connectivity index (χ4v) is 1.88. The third-order valence-electron chi connectivity index (χ3n) is 2.72. The molecule has 0 aliphatic carbocycles. The number of piperidine rings is 1. The average molecular weight is 238 g/mol. The standard InChI is InChI=1S/C10H17F3N2O/c1-2-5-15-6-3-8(4-7-15)14-9(16)10(11,12)13/h8H,2-7H2,1H3,(H,14,16). The normalized spacial score (nSPS) is 19.8. The van der Waals surface area contributed by atoms with Gasteiger partial charge in [0.2, 0.25) is 0 Å². The number of likely N-dealkylation sites (tertiary alicyclic amines) is 1. The van der Waals surface area contributed by atoms with Crippen LogP contribution in [0.3, 0.4) is 0 Å². The lowest BCUT2D eigenvalue weighted by molar-refractivity contribution is -0.174. The summed E-state index contributed by atoms with van der Waals surface area (Å²) in [6, 6.07) is -0.331. The zero-order chi connectivity index (χ0) is 12.2. The molecule has 16 heavy (non-hydrogen) atoms. The van der Waals surface area contributed by atoms with Crippen molar-refractivity contribution in [3.8, 4) is 0 Å². The van der Waals surface area contributed by atoms with Gasteiger partial charge in [-0.25, -0.2) is 0 Å². The van der Waals surface area contributed by atoms with Gasteiger partial charge in [-0.2, -0.15) is 13.2 Å². The Labute approximate surface area is 93.0 Å². The highest BCUT2D eigenvalue weighted by atomic mass is 19.4. The summed E-state index contributed by atoms with van der Waals surface area (Å²) in [4.78, 5) is 12.9. The second kappa shape index (κ2) is 5.52. The predicted molar refractivity (Wildman–Crippen MR) is 54.0 cm³/mol. The minimum Gasteiger partial charge on any atom is -0.345 e. The van der Waals surface area contributed by atoms with Gasteiger partial charge in [-0.3, -0.25) is 4.79 Å². The summed E-state index contributed by atoms with van der Waals surface area (Å²) in [6.45, 7) is 4.56. The minimum atomic E-state index is -4.76. The molecule has 0 radical (unpaired) electrons. The molecule has 0 saturated carbocycles. The van der Waals surface area contributed by atoms with Gasteiger partial charge in [0.25, 0.3) is 0 Å². The van der Waals surface area contributed by atoms with Crippen molar-refractivity contribution in [2.75, 3.05) is 19.6 Å². The Morgan fingerprint density at radius 1 is 1.38 bits per heavy atom. The van der Waals surface area contributed by atoms with Crippen LogP contribution in [-0.4, -0.2) is 42.7 Å². The molecule has 0 spiro atoms. The highest BCUT2D eigenvalue weighted by Gasteiger charge is 2.39. The molecule has 0 aromatic rings. The van der Waals surface area contributed by atoms with Crippen molar-refractivity contribution in [3.05, 3.63) is 0 Å². The molecule has 1 heterocycles. The number of carbonyl (C=O) groups is 1. The van der Waals surface area contributed by atoms with E-state index in [0.29, 0.717) is 12.8 Å². The van der Waals surface area contributed by atoms with Crippen LogP contribution in [-0.2, 0) is 4.79 Å². The predicted octanol–water partition coefficient (Wildman–Crippen LogP) is 1.54. The summed E-state index contributed by atoms with van der Waals surface area (Å²) >= 11 is 0. The lowest BCUT2D eigenvalue weighted by Gasteiger charge is -2.32. The molecular formula is C10H17F3N2O. The van der Waals surface area contributed by atoms with Crippen molar-refractivity contribution < 1.29 is 18.0 Å². The largest absolute Gasteiger partial charge is 0.471 e. The van der Waals surface area contributed by atoms with Crippen LogP contribution >= 0.6 is 0 Å². The van der Waals surface area contributed by atoms with E-state index in [2.05, 4.69) is 11.8 Å². The average Bonchev–Trinajstić information content (AvgIpc) is 2.20. The van der Waals surface area contributed by atoms with E-state index in [1.807, 2.05) is 5.32 Å². The molecule has 1 aliphatic rings. The van der Waals surface area contributed by atoms with Crippen molar-refractivity contribution in [2.24, 2.45) is 0 Å². The first-order valence-electron chi connectivity index (χ1n) is 5.53. The van der Waals surface area contributed by atoms with E-state index in [4.69, 9.17) is 0 Å². The van der Waals surface area contributed by atoms with Crippen molar-refractivity contribution >= 4 is 5.91 Å². The van der Waals surface area contributed by atoms with Gasteiger partial charge in [-0.05, 0) is 25.8 Å². The summed E-state index contributed by atoms with van der Waals surface area (Å²) < 4.78 is 35.9. The summed E-state index contributed by atoms with van der Waals surface area (Å²) in [6.07, 6.45) is -2.52. The first-order chi connectivity index (χ1) is 7.43. The maximum Gasteiger partial charge on any atom is 0.471 e. The third kappa shape index (κ3) is 4.00. The Bertz CT molecular complexity index is 235. The van der Waals surface area contributed by atoms with Crippen LogP contribution in [0.4, 0.5) is 13.2 Å². The molecule has 1 saturated heterocycles. The number of rotatable bonds is 3. The molecule has 0 aromatic heterocycles. The lowest BCUT2D eigenvalue weighted by atomic mass is 10.0. The Morgan fingerprint density at radius 3 is 2.38 bits per heavy atom. The smallest absolute Gasteiger partial charge is 0.345 e. The van der Waals surface area contributed by atoms with E-state index < -0.39 is 12.1 Å². The number of nitrogens with zero attached hydrogens (tertiary/aromatic N) is 1. The van der Waals surface area contributed by atoms with Gasteiger partial charge < -0.3 is 10.2 Å². The molecule has 1 N–H and O–H groups in total. The van der Waals surface area contributed by atoms with Crippen LogP contribution in [0.15, 0.2) is 0 Å². The van der Waals surface area contributed by atoms with Crippen LogP contribution in [0.25, 0.3) is 0 Å². The number of hydrogen-bond acceptors (Lipinski definition) is 2. The highest BCUT2D eigenvalue weighted by Crippen LogP contribution is 2.17. The Morgan fingerprint density at radius 2 is 1.94 bits per heavy atom. The van der Waals surface area contributed by atoms with E-state index in [0.717, 1.165) is 26.1 Å². The van der Waals surface area contributed by atoms with Crippen LogP contribution < -0.4 is 5.32 Å². The van der Waals surface area contributed by atoms with Crippen molar-refractivity contribution in [3.63, 3.8) is 0 Å². The van der Waals surface area contributed by atoms with Gasteiger partial charge in [0, 0.05) is 19.1 Å². The number of halogens is 3. The quantitative estimate of drug-likeness (QED) is 0.809. The summed E-state index contributed by atoms with van der Waals surface area (Å²) in [5.74, 6) is -1.82. The molecular weight excluding hydrogens is 221 g/mol. The first-order valence-corrected chi connectivity index (χ1v) is 5.53. The molecule has 0 atom stereocenters. The number of amides is 1. The SMILES string of the molecule is CCCN1CCC(NC(=O)C(F)(F)F)CC1. The van der Waals surface area contributed by atoms with Gasteiger partial charge in [0.05, 0.1) is 0 Å². The Hall–Kier alpha value is -0.780. The van der Waals surface area contributed by atoms with Crippen LogP contribution in [0.1, 0.15) is 26.2 Å². The van der Waals surface area contributed by atoms with E-state index in [1.165, 1.54) is 0 Å². The molecule has 94 valence electrons. The molecule has 1 amide bonds. The van der Waals surface area contributed by atoms with E-state index in [-0.39, 0.29) is 6.04 Å². The number of alkyl halides is 3. The van der Waals surface area contributed by atoms with Crippen LogP contribution in [0, 0.1) is 0 Å². The van der Waals surface area contributed by atoms with Crippen molar-refractivity contribution in [1.29, 1.82) is 0 Å². The van der Waals surface area contributed by atoms with Crippen molar-refractivity contribution in [1.82, 2.24) is 10.2 Å². The molecule has 1 rings (SSSR count). The van der Waals surface area contributed by atoms with Crippen molar-refractivity contribution in [2.45, 2.75) is 38.4 Å². The van der Waals surface area contributed by atoms with Crippen LogP contribution in [0.2, 0.25) is 0 Å². The second-order valence-electron chi connectivity index (χ2n) is 4.09. The Balaban J connectivity index is 2.30. The van der Waals surface area contributed by atoms with E-state index in [1.54, 1.807) is 0 Å². The number of carbonyl (C=O) groups excluding carboxylic acids is 1. The minimum absolute atomic E-state index is 0.331. The second-order valence-corrected chi connectivity index (χ2v) is 4.09. The fraction of sp³-hybridized carbons (Fsp3) is 0.900. The monoisotopic (exact) mass is 238 g/mol. The number of hydrogen-bond donors (Lipinski definition) is 1. The lowest BCUT2D eigenvalue weighted by Crippen LogP contribution is -2.48. The fourth-order valence-electron chi connectivity index (χ4n) is 1.88. The van der Waals surface area contributed by atoms with Gasteiger partial charge in [0.15, 0.2) is 0 Å². The molecule has 0 aromatic carbocycles. The highest BCUT2D eigenvalue weighted by molar-refractivity contribution is 5.81. The maximum absolute atomic E-state index is 12.0. The summed E-state index contributed by atoms with van der Waals surface area (Å²) in [7, 11) is 0. The van der Waals surface area contributed by atoms with Gasteiger partial charge in [-0.1, -0.05) is 6.92 Å². The molecule has 0 bridgehead atoms. The van der Waals surface area contributed by atoms with E-state index >= 15 is 0 Å². The molecule has 3 nitrogen and oxygen atoms in total. The molecule has 6 heteroatoms. The van der Waals surface area contributed by atoms with Gasteiger partial charge >= 0.3 is 12.1 Å². The molecule has 0 unspecified atom stereocenters. The molecule has 1 aliphatic heterocycles. The summed E-state index contributed by atoms with van der Waals surface area (Å²) in [5.41, 5.74) is 0. The van der Waals surface area contributed by atoms with Gasteiger partial charge in [0.1, 0.15) is 0 Å². The molecule has 1 fully saturated rings. The van der Waals surface area contributed by atoms with Crippen LogP contribution in [0.5, 0.6) is 0 Å². The summed E-state index contributed by atoms with van der Waals surface area (Å²) in [5, 5.41) is 2.03. The topological polar surface area (TPSA) is 32.3 Å². The maximum atomic E-state index is 12.0. The van der Waals surface area contributed by atoms with E-state index in [9.17, 15) is 18.0 Å². The zero-order valence-corrected chi connectivity index (χ0v) is 9.31. The first kappa shape index (κ1) is 13.3. The van der Waals surface area contributed by atoms with Gasteiger partial charge in [-0.15, -0.1) is 0 Å². The third-order valence-corrected chi connectivity index (χ3v) is 2.72. The Kier molecular flexibility index (Phi) is 4.58.